The van der Waals surface area contributed by atoms with Crippen molar-refractivity contribution in [1.82, 2.24) is 49.7 Å². The van der Waals surface area contributed by atoms with Crippen LogP contribution in [-0.2, 0) is 44.0 Å². The number of anilines is 2. The van der Waals surface area contributed by atoms with Crippen molar-refractivity contribution in [3.05, 3.63) is 105 Å². The Bertz CT molecular complexity index is 2450. The molecule has 0 bridgehead atoms. The molecule has 0 saturated heterocycles. The van der Waals surface area contributed by atoms with E-state index in [4.69, 9.17) is 48.9 Å². The fourth-order valence-electron chi connectivity index (χ4n) is 6.95. The van der Waals surface area contributed by atoms with Crippen molar-refractivity contribution in [2.45, 2.75) is 79.5 Å². The van der Waals surface area contributed by atoms with Gasteiger partial charge in [-0.2, -0.15) is 10.2 Å². The number of halogens is 2. The van der Waals surface area contributed by atoms with Crippen molar-refractivity contribution in [3.8, 4) is 34.0 Å². The van der Waals surface area contributed by atoms with Crippen molar-refractivity contribution in [2.75, 3.05) is 24.7 Å². The number of fused-ring (bicyclic) bond motifs is 2. The minimum atomic E-state index is -0.595. The van der Waals surface area contributed by atoms with Gasteiger partial charge in [0.15, 0.2) is 0 Å². The van der Waals surface area contributed by atoms with Gasteiger partial charge >= 0.3 is 6.09 Å². The fraction of sp³-hybridized carbons (Fsp3) is 0.341. The lowest BCUT2D eigenvalue weighted by Gasteiger charge is -2.24. The molecular formula is C41H46Cl2N12O4. The Morgan fingerprint density at radius 3 is 1.78 bits per heavy atom. The number of nitrogens with one attached hydrogen (secondary N) is 1. The van der Waals surface area contributed by atoms with Gasteiger partial charge in [0.2, 0.25) is 11.9 Å². The molecule has 2 aliphatic rings. The third-order valence-corrected chi connectivity index (χ3v) is 9.87. The number of carbonyl (C=O) groups excluding carboxylic acids is 1. The monoisotopic (exact) mass is 840 g/mol. The van der Waals surface area contributed by atoms with Crippen LogP contribution >= 0.6 is 23.2 Å². The molecule has 2 aliphatic heterocycles. The van der Waals surface area contributed by atoms with E-state index in [2.05, 4.69) is 35.5 Å². The van der Waals surface area contributed by atoms with Crippen LogP contribution in [0, 0.1) is 13.8 Å². The van der Waals surface area contributed by atoms with E-state index in [1.54, 1.807) is 28.0 Å². The highest BCUT2D eigenvalue weighted by atomic mass is 35.5. The van der Waals surface area contributed by atoms with E-state index in [1.807, 2.05) is 82.0 Å². The van der Waals surface area contributed by atoms with E-state index >= 15 is 0 Å². The third kappa shape index (κ3) is 9.84. The molecule has 18 heteroatoms. The Morgan fingerprint density at radius 1 is 0.746 bits per heavy atom. The van der Waals surface area contributed by atoms with Gasteiger partial charge in [-0.1, -0.05) is 23.2 Å². The molecule has 4 aromatic heterocycles. The van der Waals surface area contributed by atoms with Crippen molar-refractivity contribution >= 4 is 41.2 Å². The largest absolute Gasteiger partial charge is 0.491 e. The Kier molecular flexibility index (Phi) is 12.2. The zero-order valence-electron chi connectivity index (χ0n) is 33.5. The second-order valence-corrected chi connectivity index (χ2v) is 16.0. The van der Waals surface area contributed by atoms with Gasteiger partial charge in [0.05, 0.1) is 49.0 Å². The van der Waals surface area contributed by atoms with Gasteiger partial charge in [0, 0.05) is 70.2 Å². The zero-order chi connectivity index (χ0) is 41.8. The van der Waals surface area contributed by atoms with Crippen LogP contribution in [0.3, 0.4) is 0 Å². The summed E-state index contributed by atoms with van der Waals surface area (Å²) >= 11 is 12.6. The molecular weight excluding hydrogens is 795 g/mol. The minimum Gasteiger partial charge on any atom is -0.491 e. The lowest BCUT2D eigenvalue weighted by atomic mass is 10.00. The number of hydrogen-bond acceptors (Lipinski definition) is 13. The Labute approximate surface area is 351 Å². The van der Waals surface area contributed by atoms with Crippen LogP contribution in [0.4, 0.5) is 16.7 Å². The van der Waals surface area contributed by atoms with Crippen LogP contribution in [0.1, 0.15) is 54.4 Å². The maximum absolute atomic E-state index is 12.7. The summed E-state index contributed by atoms with van der Waals surface area (Å²) in [7, 11) is 0. The number of nitrogens with zero attached hydrogens (tertiary/aromatic N) is 9. The van der Waals surface area contributed by atoms with Gasteiger partial charge in [0.1, 0.15) is 30.3 Å². The first kappa shape index (κ1) is 41.2. The molecule has 5 N–H and O–H groups in total. The normalized spacial score (nSPS) is 13.1. The van der Waals surface area contributed by atoms with Crippen molar-refractivity contribution in [2.24, 2.45) is 0 Å². The van der Waals surface area contributed by atoms with Gasteiger partial charge in [-0.15, -0.1) is 0 Å². The molecule has 0 atom stereocenters. The number of hydrogen-bond donors (Lipinski definition) is 3. The van der Waals surface area contributed by atoms with Crippen LogP contribution in [0.5, 0.6) is 11.5 Å². The van der Waals surface area contributed by atoms with Crippen molar-refractivity contribution in [3.63, 3.8) is 0 Å². The summed E-state index contributed by atoms with van der Waals surface area (Å²) in [6, 6.07) is 11.1. The van der Waals surface area contributed by atoms with E-state index in [1.165, 1.54) is 0 Å². The molecule has 16 nitrogen and oxygen atoms in total. The first-order valence-electron chi connectivity index (χ1n) is 19.0. The third-order valence-electron chi connectivity index (χ3n) is 9.43. The quantitative estimate of drug-likeness (QED) is 0.131. The van der Waals surface area contributed by atoms with E-state index < -0.39 is 11.7 Å². The van der Waals surface area contributed by atoms with Crippen LogP contribution in [0.15, 0.2) is 61.2 Å². The predicted molar refractivity (Wildman–Crippen MR) is 225 cm³/mol. The molecule has 6 aromatic rings. The second kappa shape index (κ2) is 17.5. The number of benzene rings is 2. The van der Waals surface area contributed by atoms with Crippen molar-refractivity contribution in [1.29, 1.82) is 0 Å². The summed E-state index contributed by atoms with van der Waals surface area (Å²) in [5.74, 6) is 1.67. The van der Waals surface area contributed by atoms with E-state index in [-0.39, 0.29) is 11.9 Å². The Morgan fingerprint density at radius 2 is 1.27 bits per heavy atom. The highest BCUT2D eigenvalue weighted by Crippen LogP contribution is 2.41. The summed E-state index contributed by atoms with van der Waals surface area (Å²) in [4.78, 5) is 32.0. The van der Waals surface area contributed by atoms with Crippen LogP contribution in [0.25, 0.3) is 22.5 Å². The number of amides is 1. The first-order chi connectivity index (χ1) is 28.2. The molecule has 0 fully saturated rings. The van der Waals surface area contributed by atoms with Gasteiger partial charge < -0.3 is 31.0 Å². The average molecular weight is 842 g/mol. The molecule has 59 heavy (non-hydrogen) atoms. The highest BCUT2D eigenvalue weighted by Gasteiger charge is 2.33. The van der Waals surface area contributed by atoms with Gasteiger partial charge in [-0.25, -0.2) is 24.7 Å². The van der Waals surface area contributed by atoms with Gasteiger partial charge in [0.25, 0.3) is 0 Å². The number of aromatic nitrogens is 8. The molecule has 8 rings (SSSR count). The van der Waals surface area contributed by atoms with Gasteiger partial charge in [-0.3, -0.25) is 14.3 Å². The average Bonchev–Trinajstić information content (AvgIpc) is 3.99. The molecule has 0 radical (unpaired) electrons. The summed E-state index contributed by atoms with van der Waals surface area (Å²) in [6.45, 7) is 13.5. The van der Waals surface area contributed by atoms with E-state index in [0.717, 1.165) is 44.8 Å². The minimum absolute atomic E-state index is 0.131. The van der Waals surface area contributed by atoms with E-state index in [9.17, 15) is 4.79 Å². The topological polar surface area (TPSA) is 199 Å². The number of aryl methyl sites for hydroxylation is 2. The first-order valence-corrected chi connectivity index (χ1v) is 19.8. The number of nitrogen functional groups attached to an aromatic ring is 2. The fourth-order valence-corrected chi connectivity index (χ4v) is 7.48. The maximum atomic E-state index is 12.7. The molecule has 0 spiro atoms. The predicted octanol–water partition coefficient (Wildman–Crippen LogP) is 6.78. The summed E-state index contributed by atoms with van der Waals surface area (Å²) in [5.41, 5.74) is 19.9. The van der Waals surface area contributed by atoms with Crippen LogP contribution < -0.4 is 26.3 Å². The molecule has 308 valence electrons. The van der Waals surface area contributed by atoms with Crippen LogP contribution in [-0.4, -0.2) is 69.3 Å². The Balaban J connectivity index is 0.000000184. The molecule has 2 aromatic carbocycles. The Hall–Kier alpha value is -5.97. The smallest absolute Gasteiger partial charge is 0.410 e. The number of rotatable bonds is 10. The van der Waals surface area contributed by atoms with Crippen LogP contribution in [0.2, 0.25) is 10.0 Å². The van der Waals surface area contributed by atoms with Crippen molar-refractivity contribution < 1.29 is 19.0 Å². The molecule has 0 aliphatic carbocycles. The zero-order valence-corrected chi connectivity index (χ0v) is 35.0. The summed E-state index contributed by atoms with van der Waals surface area (Å²) < 4.78 is 21.3. The highest BCUT2D eigenvalue weighted by molar-refractivity contribution is 6.31. The van der Waals surface area contributed by atoms with Gasteiger partial charge in [-0.05, 0) is 82.1 Å². The summed E-state index contributed by atoms with van der Waals surface area (Å²) in [5, 5.41) is 12.9. The standard InChI is InChI=1S/C23H27ClN6O3.C18H19ClN6O/c1-14-10-15(24)11-18(32-9-8-30-7-5-6-26-30)19(14)20-16-12-29(22(31)33-23(2,3)4)13-17(16)27-21(25)28-20;1-11-7-12(19)8-15(26-6-5-25-4-2-3-22-25)16(11)17-13-9-21-10-14(13)23-18(20)24-17/h5-7,10-11H,8-9,12-13H2,1-4H3,(H2,25,27,28);2-4,7-8,21H,5-6,9-10H2,1H3,(H2,20,23,24). The molecule has 1 amide bonds. The lowest BCUT2D eigenvalue weighted by molar-refractivity contribution is 0.0241. The maximum Gasteiger partial charge on any atom is 0.410 e. The molecule has 6 heterocycles. The number of nitrogens with two attached hydrogens (primary N) is 2. The SMILES string of the molecule is Cc1cc(Cl)cc(OCCn2cccn2)c1-c1nc(N)nc2c1CN(C(=O)OC(C)(C)C)C2.Cc1cc(Cl)cc(OCCn2cccn2)c1-c1nc(N)nc2c1CNC2. The number of carbonyl (C=O) groups is 1. The molecule has 0 saturated carbocycles. The summed E-state index contributed by atoms with van der Waals surface area (Å²) in [6.07, 6.45) is 6.83. The number of ether oxygens (including phenoxy) is 3. The lowest BCUT2D eigenvalue weighted by Crippen LogP contribution is -2.33. The second-order valence-electron chi connectivity index (χ2n) is 15.1. The van der Waals surface area contributed by atoms with E-state index in [0.29, 0.717) is 85.4 Å². The molecule has 0 unspecified atom stereocenters.